The molecule has 11 aromatic rings. The summed E-state index contributed by atoms with van der Waals surface area (Å²) in [6.45, 7) is 0. The predicted molar refractivity (Wildman–Crippen MR) is 229 cm³/mol. The van der Waals surface area contributed by atoms with Crippen molar-refractivity contribution in [2.75, 3.05) is 0 Å². The first-order chi connectivity index (χ1) is 27.7. The lowest BCUT2D eigenvalue weighted by Gasteiger charge is -2.11. The van der Waals surface area contributed by atoms with E-state index in [9.17, 15) is 0 Å². The van der Waals surface area contributed by atoms with Crippen molar-refractivity contribution >= 4 is 43.7 Å². The molecule has 0 aliphatic carbocycles. The van der Waals surface area contributed by atoms with E-state index in [4.69, 9.17) is 19.4 Å². The molecule has 5 nitrogen and oxygen atoms in total. The molecule has 3 aromatic heterocycles. The first kappa shape index (κ1) is 31.9. The van der Waals surface area contributed by atoms with Gasteiger partial charge in [-0.05, 0) is 57.6 Å². The number of nitrogens with zero attached hydrogens (tertiary/aromatic N) is 4. The summed E-state index contributed by atoms with van der Waals surface area (Å²) in [7, 11) is 0. The minimum Gasteiger partial charge on any atom is -0.454 e. The molecule has 0 bridgehead atoms. The van der Waals surface area contributed by atoms with Crippen LogP contribution in [0.5, 0.6) is 0 Å². The highest BCUT2D eigenvalue weighted by Gasteiger charge is 2.22. The van der Waals surface area contributed by atoms with Crippen LogP contribution in [-0.2, 0) is 0 Å². The van der Waals surface area contributed by atoms with E-state index in [0.717, 1.165) is 66.0 Å². The molecule has 0 radical (unpaired) electrons. The SMILES string of the molecule is c1ccc(-c2cccc(-c3ccc(-c4ccc(-c5nc(-c6ccccc6)nc(-n6c7ccccc7c7ccc8c9ccccc9oc8c76)n5)cc4)cc3)c2)cc1. The van der Waals surface area contributed by atoms with Crippen LogP contribution < -0.4 is 0 Å². The number of aromatic nitrogens is 4. The van der Waals surface area contributed by atoms with Gasteiger partial charge in [-0.15, -0.1) is 0 Å². The summed E-state index contributed by atoms with van der Waals surface area (Å²) in [5, 5.41) is 4.32. The average Bonchev–Trinajstić information content (AvgIpc) is 3.83. The van der Waals surface area contributed by atoms with Crippen LogP contribution in [0.1, 0.15) is 0 Å². The molecule has 0 amide bonds. The molecule has 56 heavy (non-hydrogen) atoms. The predicted octanol–water partition coefficient (Wildman–Crippen LogP) is 13.2. The Labute approximate surface area is 322 Å². The van der Waals surface area contributed by atoms with E-state index in [0.29, 0.717) is 17.6 Å². The fourth-order valence-corrected chi connectivity index (χ4v) is 7.92. The molecule has 0 unspecified atom stereocenters. The van der Waals surface area contributed by atoms with Crippen molar-refractivity contribution in [3.05, 3.63) is 194 Å². The van der Waals surface area contributed by atoms with Gasteiger partial charge >= 0.3 is 0 Å². The Morgan fingerprint density at radius 2 is 0.821 bits per heavy atom. The molecule has 8 aromatic carbocycles. The number of rotatable bonds is 6. The van der Waals surface area contributed by atoms with Gasteiger partial charge in [0, 0.05) is 32.7 Å². The van der Waals surface area contributed by atoms with Crippen LogP contribution in [0.2, 0.25) is 0 Å². The molecule has 0 saturated carbocycles. The van der Waals surface area contributed by atoms with Crippen molar-refractivity contribution in [3.8, 4) is 62.1 Å². The summed E-state index contributed by atoms with van der Waals surface area (Å²) in [6.07, 6.45) is 0. The van der Waals surface area contributed by atoms with Gasteiger partial charge in [0.1, 0.15) is 11.1 Å². The van der Waals surface area contributed by atoms with Crippen molar-refractivity contribution in [2.24, 2.45) is 0 Å². The number of furan rings is 1. The summed E-state index contributed by atoms with van der Waals surface area (Å²) < 4.78 is 8.74. The van der Waals surface area contributed by atoms with Crippen molar-refractivity contribution in [2.45, 2.75) is 0 Å². The third-order valence-corrected chi connectivity index (χ3v) is 10.7. The largest absolute Gasteiger partial charge is 0.454 e. The molecule has 0 aliphatic heterocycles. The highest BCUT2D eigenvalue weighted by molar-refractivity contribution is 6.21. The van der Waals surface area contributed by atoms with Crippen LogP contribution in [0.3, 0.4) is 0 Å². The minimum absolute atomic E-state index is 0.531. The van der Waals surface area contributed by atoms with Gasteiger partial charge in [0.25, 0.3) is 0 Å². The van der Waals surface area contributed by atoms with Crippen molar-refractivity contribution in [1.82, 2.24) is 19.5 Å². The summed E-state index contributed by atoms with van der Waals surface area (Å²) in [6, 6.07) is 67.5. The number of hydrogen-bond acceptors (Lipinski definition) is 4. The van der Waals surface area contributed by atoms with Gasteiger partial charge in [0.05, 0.1) is 5.52 Å². The van der Waals surface area contributed by atoms with Gasteiger partial charge in [-0.25, -0.2) is 4.98 Å². The van der Waals surface area contributed by atoms with E-state index >= 15 is 0 Å². The molecular weight excluding hydrogens is 685 g/mol. The van der Waals surface area contributed by atoms with Gasteiger partial charge in [-0.3, -0.25) is 4.57 Å². The first-order valence-corrected chi connectivity index (χ1v) is 18.8. The fraction of sp³-hybridized carbons (Fsp3) is 0. The Morgan fingerprint density at radius 3 is 1.50 bits per heavy atom. The van der Waals surface area contributed by atoms with Crippen molar-refractivity contribution in [3.63, 3.8) is 0 Å². The van der Waals surface area contributed by atoms with Crippen LogP contribution in [0.4, 0.5) is 0 Å². The molecule has 0 N–H and O–H groups in total. The lowest BCUT2D eigenvalue weighted by atomic mass is 9.97. The summed E-state index contributed by atoms with van der Waals surface area (Å²) in [5.41, 5.74) is 12.5. The second kappa shape index (κ2) is 13.0. The van der Waals surface area contributed by atoms with E-state index < -0.39 is 0 Å². The second-order valence-electron chi connectivity index (χ2n) is 14.0. The highest BCUT2D eigenvalue weighted by Crippen LogP contribution is 2.40. The maximum atomic E-state index is 6.61. The van der Waals surface area contributed by atoms with E-state index in [1.54, 1.807) is 0 Å². The minimum atomic E-state index is 0.531. The molecule has 0 saturated heterocycles. The Hall–Kier alpha value is -7.63. The van der Waals surface area contributed by atoms with Gasteiger partial charge < -0.3 is 4.42 Å². The van der Waals surface area contributed by atoms with Gasteiger partial charge in [0.15, 0.2) is 17.2 Å². The zero-order valence-electron chi connectivity index (χ0n) is 30.2. The lowest BCUT2D eigenvalue weighted by molar-refractivity contribution is 0.670. The Bertz CT molecular complexity index is 3220. The standard InChI is InChI=1S/C51H32N4O/c1-3-12-33(13-4-1)39-16-11-17-40(32-39)36-24-22-34(23-25-36)35-26-28-38(29-27-35)50-52-49(37-14-5-2-6-15-37)53-51(54-50)55-45-20-9-7-18-41(45)43-30-31-44-42-19-8-10-21-46(42)56-48(44)47(43)55/h1-32H. The molecule has 5 heteroatoms. The summed E-state index contributed by atoms with van der Waals surface area (Å²) in [4.78, 5) is 15.4. The van der Waals surface area contributed by atoms with Crippen LogP contribution in [-0.4, -0.2) is 19.5 Å². The Kier molecular flexibility index (Phi) is 7.42. The topological polar surface area (TPSA) is 56.7 Å². The van der Waals surface area contributed by atoms with Gasteiger partial charge in [-0.1, -0.05) is 170 Å². The Balaban J connectivity index is 1.01. The Morgan fingerprint density at radius 1 is 0.339 bits per heavy atom. The quantitative estimate of drug-likeness (QED) is 0.172. The van der Waals surface area contributed by atoms with E-state index in [1.807, 2.05) is 48.5 Å². The zero-order chi connectivity index (χ0) is 37.0. The molecule has 0 aliphatic rings. The van der Waals surface area contributed by atoms with Crippen molar-refractivity contribution < 1.29 is 4.42 Å². The van der Waals surface area contributed by atoms with Crippen molar-refractivity contribution in [1.29, 1.82) is 0 Å². The highest BCUT2D eigenvalue weighted by atomic mass is 16.3. The number of fused-ring (bicyclic) bond motifs is 7. The van der Waals surface area contributed by atoms with E-state index in [-0.39, 0.29) is 0 Å². The molecule has 0 atom stereocenters. The van der Waals surface area contributed by atoms with E-state index in [1.165, 1.54) is 22.3 Å². The lowest BCUT2D eigenvalue weighted by Crippen LogP contribution is -2.06. The molecule has 0 spiro atoms. The summed E-state index contributed by atoms with van der Waals surface area (Å²) >= 11 is 0. The summed E-state index contributed by atoms with van der Waals surface area (Å²) in [5.74, 6) is 1.73. The van der Waals surface area contributed by atoms with E-state index in [2.05, 4.69) is 150 Å². The van der Waals surface area contributed by atoms with Crippen LogP contribution in [0.25, 0.3) is 106 Å². The maximum absolute atomic E-state index is 6.61. The normalized spacial score (nSPS) is 11.6. The number of benzene rings is 8. The van der Waals surface area contributed by atoms with Crippen LogP contribution in [0, 0.1) is 0 Å². The zero-order valence-corrected chi connectivity index (χ0v) is 30.2. The first-order valence-electron chi connectivity index (χ1n) is 18.8. The van der Waals surface area contributed by atoms with Crippen LogP contribution in [0.15, 0.2) is 199 Å². The number of hydrogen-bond donors (Lipinski definition) is 0. The molecule has 3 heterocycles. The monoisotopic (exact) mass is 716 g/mol. The van der Waals surface area contributed by atoms with Gasteiger partial charge in [-0.2, -0.15) is 9.97 Å². The van der Waals surface area contributed by atoms with Crippen LogP contribution >= 0.6 is 0 Å². The maximum Gasteiger partial charge on any atom is 0.238 e. The number of para-hydroxylation sites is 2. The van der Waals surface area contributed by atoms with Gasteiger partial charge in [0.2, 0.25) is 5.95 Å². The second-order valence-corrected chi connectivity index (χ2v) is 14.0. The third kappa shape index (κ3) is 5.37. The molecule has 0 fully saturated rings. The smallest absolute Gasteiger partial charge is 0.238 e. The fourth-order valence-electron chi connectivity index (χ4n) is 7.92. The third-order valence-electron chi connectivity index (χ3n) is 10.7. The molecule has 262 valence electrons. The molecule has 11 rings (SSSR count). The molecular formula is C51H32N4O. The average molecular weight is 717 g/mol.